The van der Waals surface area contributed by atoms with E-state index in [0.717, 1.165) is 17.9 Å². The molecule has 13 heavy (non-hydrogen) atoms. The first-order valence-electron chi connectivity index (χ1n) is 5.99. The van der Waals surface area contributed by atoms with E-state index in [1.54, 1.807) is 0 Å². The van der Waals surface area contributed by atoms with E-state index in [2.05, 4.69) is 26.1 Å². The molecule has 1 N–H and O–H groups in total. The summed E-state index contributed by atoms with van der Waals surface area (Å²) in [4.78, 5) is 0. The predicted octanol–water partition coefficient (Wildman–Crippen LogP) is 3.20. The SMILES string of the molecule is CCCNC(C(C)C)C1CCCC1. The van der Waals surface area contributed by atoms with Gasteiger partial charge >= 0.3 is 0 Å². The molecule has 0 amide bonds. The molecule has 1 unspecified atom stereocenters. The first-order valence-corrected chi connectivity index (χ1v) is 5.99. The molecule has 0 aromatic carbocycles. The van der Waals surface area contributed by atoms with Crippen molar-refractivity contribution in [3.63, 3.8) is 0 Å². The fourth-order valence-corrected chi connectivity index (χ4v) is 2.57. The monoisotopic (exact) mass is 183 g/mol. The van der Waals surface area contributed by atoms with Crippen LogP contribution in [-0.4, -0.2) is 12.6 Å². The van der Waals surface area contributed by atoms with E-state index in [-0.39, 0.29) is 0 Å². The van der Waals surface area contributed by atoms with E-state index in [9.17, 15) is 0 Å². The van der Waals surface area contributed by atoms with Crippen LogP contribution in [0.4, 0.5) is 0 Å². The van der Waals surface area contributed by atoms with Gasteiger partial charge in [0.15, 0.2) is 0 Å². The molecule has 1 saturated carbocycles. The van der Waals surface area contributed by atoms with Crippen molar-refractivity contribution in [2.45, 2.75) is 58.9 Å². The summed E-state index contributed by atoms with van der Waals surface area (Å²) in [5.74, 6) is 1.76. The topological polar surface area (TPSA) is 12.0 Å². The molecule has 1 heteroatoms. The summed E-state index contributed by atoms with van der Waals surface area (Å²) in [6.07, 6.45) is 7.10. The van der Waals surface area contributed by atoms with Gasteiger partial charge in [-0.1, -0.05) is 33.6 Å². The Kier molecular flexibility index (Phi) is 4.79. The number of hydrogen-bond acceptors (Lipinski definition) is 1. The average Bonchev–Trinajstić information content (AvgIpc) is 2.57. The molecule has 0 spiro atoms. The van der Waals surface area contributed by atoms with Gasteiger partial charge < -0.3 is 5.32 Å². The lowest BCUT2D eigenvalue weighted by Crippen LogP contribution is -2.39. The van der Waals surface area contributed by atoms with Gasteiger partial charge in [-0.3, -0.25) is 0 Å². The zero-order valence-electron chi connectivity index (χ0n) is 9.47. The summed E-state index contributed by atoms with van der Waals surface area (Å²) < 4.78 is 0. The standard InChI is InChI=1S/C12H25N/c1-4-9-13-12(10(2)3)11-7-5-6-8-11/h10-13H,4-9H2,1-3H3. The lowest BCUT2D eigenvalue weighted by Gasteiger charge is -2.28. The van der Waals surface area contributed by atoms with E-state index in [1.165, 1.54) is 38.6 Å². The van der Waals surface area contributed by atoms with E-state index >= 15 is 0 Å². The van der Waals surface area contributed by atoms with Gasteiger partial charge in [0.1, 0.15) is 0 Å². The van der Waals surface area contributed by atoms with Gasteiger partial charge in [0, 0.05) is 6.04 Å². The number of hydrogen-bond donors (Lipinski definition) is 1. The summed E-state index contributed by atoms with van der Waals surface area (Å²) in [5.41, 5.74) is 0. The number of nitrogens with one attached hydrogen (secondary N) is 1. The summed E-state index contributed by atoms with van der Waals surface area (Å²) in [6.45, 7) is 8.15. The fourth-order valence-electron chi connectivity index (χ4n) is 2.57. The van der Waals surface area contributed by atoms with Crippen LogP contribution >= 0.6 is 0 Å². The highest BCUT2D eigenvalue weighted by Gasteiger charge is 2.26. The second-order valence-electron chi connectivity index (χ2n) is 4.77. The molecule has 1 nitrogen and oxygen atoms in total. The van der Waals surface area contributed by atoms with Gasteiger partial charge in [0.05, 0.1) is 0 Å². The minimum Gasteiger partial charge on any atom is -0.313 e. The smallest absolute Gasteiger partial charge is 0.0118 e. The second kappa shape index (κ2) is 5.64. The van der Waals surface area contributed by atoms with Crippen LogP contribution in [0.3, 0.4) is 0 Å². The maximum atomic E-state index is 3.71. The van der Waals surface area contributed by atoms with Gasteiger partial charge in [-0.15, -0.1) is 0 Å². The minimum atomic E-state index is 0.780. The molecule has 0 aromatic rings. The maximum absolute atomic E-state index is 3.71. The molecule has 1 atom stereocenters. The first kappa shape index (κ1) is 11.0. The summed E-state index contributed by atoms with van der Waals surface area (Å²) in [6, 6.07) is 0.780. The third-order valence-corrected chi connectivity index (χ3v) is 3.26. The van der Waals surface area contributed by atoms with Crippen LogP contribution in [0.2, 0.25) is 0 Å². The molecule has 0 heterocycles. The van der Waals surface area contributed by atoms with Gasteiger partial charge in [0.2, 0.25) is 0 Å². The molecule has 0 radical (unpaired) electrons. The van der Waals surface area contributed by atoms with Crippen LogP contribution in [0.1, 0.15) is 52.9 Å². The molecular weight excluding hydrogens is 158 g/mol. The zero-order valence-corrected chi connectivity index (χ0v) is 9.47. The quantitative estimate of drug-likeness (QED) is 0.690. The highest BCUT2D eigenvalue weighted by atomic mass is 14.9. The van der Waals surface area contributed by atoms with Crippen LogP contribution in [-0.2, 0) is 0 Å². The highest BCUT2D eigenvalue weighted by molar-refractivity contribution is 4.82. The van der Waals surface area contributed by atoms with Crippen molar-refractivity contribution in [1.29, 1.82) is 0 Å². The lowest BCUT2D eigenvalue weighted by atomic mass is 9.89. The fraction of sp³-hybridized carbons (Fsp3) is 1.00. The summed E-state index contributed by atoms with van der Waals surface area (Å²) in [5, 5.41) is 3.71. The number of rotatable bonds is 5. The molecule has 1 fully saturated rings. The molecule has 1 aliphatic rings. The van der Waals surface area contributed by atoms with Crippen molar-refractivity contribution < 1.29 is 0 Å². The van der Waals surface area contributed by atoms with Gasteiger partial charge in [-0.05, 0) is 37.6 Å². The van der Waals surface area contributed by atoms with Gasteiger partial charge in [-0.2, -0.15) is 0 Å². The Morgan fingerprint density at radius 3 is 2.31 bits per heavy atom. The molecule has 1 aliphatic carbocycles. The van der Waals surface area contributed by atoms with Crippen molar-refractivity contribution in [2.75, 3.05) is 6.54 Å². The molecule has 0 saturated heterocycles. The maximum Gasteiger partial charge on any atom is 0.0118 e. The molecule has 0 bridgehead atoms. The molecule has 78 valence electrons. The van der Waals surface area contributed by atoms with Gasteiger partial charge in [0.25, 0.3) is 0 Å². The first-order chi connectivity index (χ1) is 6.25. The van der Waals surface area contributed by atoms with E-state index in [4.69, 9.17) is 0 Å². The predicted molar refractivity (Wildman–Crippen MR) is 58.9 cm³/mol. The van der Waals surface area contributed by atoms with Crippen LogP contribution in [0, 0.1) is 11.8 Å². The molecule has 1 rings (SSSR count). The van der Waals surface area contributed by atoms with Crippen molar-refractivity contribution in [3.8, 4) is 0 Å². The van der Waals surface area contributed by atoms with Crippen molar-refractivity contribution in [3.05, 3.63) is 0 Å². The summed E-state index contributed by atoms with van der Waals surface area (Å²) in [7, 11) is 0. The minimum absolute atomic E-state index is 0.780. The Labute approximate surface area is 83.3 Å². The van der Waals surface area contributed by atoms with E-state index < -0.39 is 0 Å². The van der Waals surface area contributed by atoms with Crippen LogP contribution in [0.25, 0.3) is 0 Å². The third kappa shape index (κ3) is 3.30. The Morgan fingerprint density at radius 2 is 1.85 bits per heavy atom. The Hall–Kier alpha value is -0.0400. The molecule has 0 aromatic heterocycles. The van der Waals surface area contributed by atoms with E-state index in [0.29, 0.717) is 0 Å². The Balaban J connectivity index is 2.36. The Bertz CT molecular complexity index is 125. The molecule has 0 aliphatic heterocycles. The van der Waals surface area contributed by atoms with Crippen molar-refractivity contribution in [2.24, 2.45) is 11.8 Å². The third-order valence-electron chi connectivity index (χ3n) is 3.26. The second-order valence-corrected chi connectivity index (χ2v) is 4.77. The van der Waals surface area contributed by atoms with Crippen molar-refractivity contribution in [1.82, 2.24) is 5.32 Å². The van der Waals surface area contributed by atoms with Crippen LogP contribution in [0.15, 0.2) is 0 Å². The van der Waals surface area contributed by atoms with Crippen LogP contribution in [0.5, 0.6) is 0 Å². The highest BCUT2D eigenvalue weighted by Crippen LogP contribution is 2.30. The van der Waals surface area contributed by atoms with Crippen LogP contribution < -0.4 is 5.32 Å². The normalized spacial score (nSPS) is 21.2. The lowest BCUT2D eigenvalue weighted by molar-refractivity contribution is 0.286. The Morgan fingerprint density at radius 1 is 1.23 bits per heavy atom. The molecular formula is C12H25N. The van der Waals surface area contributed by atoms with Crippen molar-refractivity contribution >= 4 is 0 Å². The van der Waals surface area contributed by atoms with Gasteiger partial charge in [-0.25, -0.2) is 0 Å². The largest absolute Gasteiger partial charge is 0.313 e. The summed E-state index contributed by atoms with van der Waals surface area (Å²) >= 11 is 0. The zero-order chi connectivity index (χ0) is 9.68. The van der Waals surface area contributed by atoms with E-state index in [1.807, 2.05) is 0 Å². The average molecular weight is 183 g/mol.